The average Bonchev–Trinajstić information content (AvgIpc) is 2.29. The number of benzene rings is 1. The van der Waals surface area contributed by atoms with Crippen molar-refractivity contribution in [3.63, 3.8) is 0 Å². The quantitative estimate of drug-likeness (QED) is 0.804. The minimum Gasteiger partial charge on any atom is -0.396 e. The maximum Gasteiger partial charge on any atom is 0.0459 e. The molecule has 0 aliphatic heterocycles. The first-order valence-electron chi connectivity index (χ1n) is 6.38. The summed E-state index contributed by atoms with van der Waals surface area (Å²) in [4.78, 5) is 0. The predicted octanol–water partition coefficient (Wildman–Crippen LogP) is 3.57. The lowest BCUT2D eigenvalue weighted by atomic mass is 9.77. The molecule has 16 heavy (non-hydrogen) atoms. The minimum atomic E-state index is 0.363. The van der Waals surface area contributed by atoms with Crippen LogP contribution in [0.1, 0.15) is 48.3 Å². The highest BCUT2D eigenvalue weighted by molar-refractivity contribution is 5.33. The summed E-state index contributed by atoms with van der Waals surface area (Å²) in [5, 5.41) is 9.27. The molecule has 0 spiro atoms. The van der Waals surface area contributed by atoms with Crippen LogP contribution in [0, 0.1) is 19.8 Å². The monoisotopic (exact) mass is 218 g/mol. The van der Waals surface area contributed by atoms with Crippen molar-refractivity contribution >= 4 is 0 Å². The van der Waals surface area contributed by atoms with E-state index in [0.717, 1.165) is 0 Å². The molecule has 2 rings (SSSR count). The van der Waals surface area contributed by atoms with E-state index in [0.29, 0.717) is 18.4 Å². The lowest BCUT2D eigenvalue weighted by Gasteiger charge is -2.29. The fourth-order valence-electron chi connectivity index (χ4n) is 3.02. The van der Waals surface area contributed by atoms with E-state index >= 15 is 0 Å². The number of aliphatic hydroxyl groups excluding tert-OH is 1. The van der Waals surface area contributed by atoms with Crippen LogP contribution in [0.2, 0.25) is 0 Å². The predicted molar refractivity (Wildman–Crippen MR) is 67.7 cm³/mol. The molecule has 1 aliphatic carbocycles. The number of aryl methyl sites for hydroxylation is 2. The van der Waals surface area contributed by atoms with Crippen molar-refractivity contribution in [2.75, 3.05) is 6.61 Å². The van der Waals surface area contributed by atoms with Gasteiger partial charge in [0.15, 0.2) is 0 Å². The molecule has 88 valence electrons. The van der Waals surface area contributed by atoms with Crippen molar-refractivity contribution in [2.24, 2.45) is 5.92 Å². The molecule has 0 aromatic heterocycles. The first-order valence-corrected chi connectivity index (χ1v) is 6.38. The van der Waals surface area contributed by atoms with Crippen LogP contribution in [0.25, 0.3) is 0 Å². The van der Waals surface area contributed by atoms with Crippen molar-refractivity contribution in [1.82, 2.24) is 0 Å². The van der Waals surface area contributed by atoms with Crippen LogP contribution in [-0.2, 0) is 0 Å². The molecule has 2 unspecified atom stereocenters. The smallest absolute Gasteiger partial charge is 0.0459 e. The van der Waals surface area contributed by atoms with E-state index in [2.05, 4.69) is 32.0 Å². The van der Waals surface area contributed by atoms with Crippen LogP contribution >= 0.6 is 0 Å². The molecular weight excluding hydrogens is 196 g/mol. The Hall–Kier alpha value is -0.820. The summed E-state index contributed by atoms with van der Waals surface area (Å²) in [7, 11) is 0. The van der Waals surface area contributed by atoms with E-state index in [-0.39, 0.29) is 0 Å². The van der Waals surface area contributed by atoms with Gasteiger partial charge in [0.05, 0.1) is 0 Å². The van der Waals surface area contributed by atoms with Gasteiger partial charge in [0.1, 0.15) is 0 Å². The molecule has 1 heteroatoms. The molecule has 1 N–H and O–H groups in total. The van der Waals surface area contributed by atoms with Crippen molar-refractivity contribution in [1.29, 1.82) is 0 Å². The van der Waals surface area contributed by atoms with Crippen LogP contribution in [-0.4, -0.2) is 11.7 Å². The average molecular weight is 218 g/mol. The van der Waals surface area contributed by atoms with Crippen molar-refractivity contribution in [2.45, 2.75) is 45.4 Å². The van der Waals surface area contributed by atoms with Gasteiger partial charge >= 0.3 is 0 Å². The van der Waals surface area contributed by atoms with E-state index < -0.39 is 0 Å². The van der Waals surface area contributed by atoms with Crippen molar-refractivity contribution in [3.8, 4) is 0 Å². The lowest BCUT2D eigenvalue weighted by Crippen LogP contribution is -2.17. The molecule has 1 saturated carbocycles. The largest absolute Gasteiger partial charge is 0.396 e. The second-order valence-corrected chi connectivity index (χ2v) is 5.27. The minimum absolute atomic E-state index is 0.363. The zero-order valence-electron chi connectivity index (χ0n) is 10.4. The van der Waals surface area contributed by atoms with Gasteiger partial charge in [-0.25, -0.2) is 0 Å². The van der Waals surface area contributed by atoms with Gasteiger partial charge in [-0.05, 0) is 56.1 Å². The van der Waals surface area contributed by atoms with Gasteiger partial charge in [0.2, 0.25) is 0 Å². The Morgan fingerprint density at radius 2 is 2.06 bits per heavy atom. The van der Waals surface area contributed by atoms with Gasteiger partial charge in [-0.1, -0.05) is 30.2 Å². The van der Waals surface area contributed by atoms with Gasteiger partial charge in [-0.15, -0.1) is 0 Å². The number of rotatable bonds is 2. The van der Waals surface area contributed by atoms with Crippen LogP contribution in [0.15, 0.2) is 18.2 Å². The van der Waals surface area contributed by atoms with Gasteiger partial charge in [-0.2, -0.15) is 0 Å². The highest BCUT2D eigenvalue weighted by Crippen LogP contribution is 2.37. The Morgan fingerprint density at radius 3 is 2.75 bits per heavy atom. The Bertz CT molecular complexity index is 356. The normalized spacial score (nSPS) is 25.7. The topological polar surface area (TPSA) is 20.2 Å². The summed E-state index contributed by atoms with van der Waals surface area (Å²) in [6.07, 6.45) is 4.93. The Labute approximate surface area is 98.5 Å². The fourth-order valence-corrected chi connectivity index (χ4v) is 3.02. The summed E-state index contributed by atoms with van der Waals surface area (Å²) in [6, 6.07) is 6.78. The summed E-state index contributed by atoms with van der Waals surface area (Å²) < 4.78 is 0. The van der Waals surface area contributed by atoms with Gasteiger partial charge < -0.3 is 5.11 Å². The Morgan fingerprint density at radius 1 is 1.25 bits per heavy atom. The molecular formula is C15H22O. The molecule has 0 heterocycles. The SMILES string of the molecule is Cc1ccc(C2CCCC(CO)C2)c(C)c1. The van der Waals surface area contributed by atoms with Crippen molar-refractivity contribution in [3.05, 3.63) is 34.9 Å². The maximum atomic E-state index is 9.27. The van der Waals surface area contributed by atoms with Gasteiger partial charge in [-0.3, -0.25) is 0 Å². The third-order valence-electron chi connectivity index (χ3n) is 3.91. The molecule has 0 amide bonds. The highest BCUT2D eigenvalue weighted by Gasteiger charge is 2.23. The van der Waals surface area contributed by atoms with Crippen LogP contribution < -0.4 is 0 Å². The molecule has 1 aliphatic rings. The highest BCUT2D eigenvalue weighted by atomic mass is 16.3. The summed E-state index contributed by atoms with van der Waals surface area (Å²) >= 11 is 0. The van der Waals surface area contributed by atoms with Gasteiger partial charge in [0, 0.05) is 6.61 Å². The molecule has 0 saturated heterocycles. The molecule has 1 aromatic rings. The number of aliphatic hydroxyl groups is 1. The Kier molecular flexibility index (Phi) is 3.65. The molecule has 0 radical (unpaired) electrons. The first kappa shape index (κ1) is 11.7. The molecule has 1 fully saturated rings. The molecule has 1 nitrogen and oxygen atoms in total. The summed E-state index contributed by atoms with van der Waals surface area (Å²) in [5.74, 6) is 1.20. The first-order chi connectivity index (χ1) is 7.70. The lowest BCUT2D eigenvalue weighted by molar-refractivity contribution is 0.179. The van der Waals surface area contributed by atoms with Crippen LogP contribution in [0.4, 0.5) is 0 Å². The third kappa shape index (κ3) is 2.46. The van der Waals surface area contributed by atoms with Gasteiger partial charge in [0.25, 0.3) is 0 Å². The maximum absolute atomic E-state index is 9.27. The second kappa shape index (κ2) is 5.01. The van der Waals surface area contributed by atoms with E-state index in [1.165, 1.54) is 42.4 Å². The van der Waals surface area contributed by atoms with Crippen LogP contribution in [0.3, 0.4) is 0 Å². The summed E-state index contributed by atoms with van der Waals surface area (Å²) in [6.45, 7) is 4.72. The molecule has 2 atom stereocenters. The van der Waals surface area contributed by atoms with Crippen molar-refractivity contribution < 1.29 is 5.11 Å². The second-order valence-electron chi connectivity index (χ2n) is 5.27. The molecule has 0 bridgehead atoms. The number of hydrogen-bond acceptors (Lipinski definition) is 1. The van der Waals surface area contributed by atoms with E-state index in [9.17, 15) is 5.11 Å². The summed E-state index contributed by atoms with van der Waals surface area (Å²) in [5.41, 5.74) is 4.27. The fraction of sp³-hybridized carbons (Fsp3) is 0.600. The zero-order valence-corrected chi connectivity index (χ0v) is 10.4. The number of hydrogen-bond donors (Lipinski definition) is 1. The van der Waals surface area contributed by atoms with E-state index in [1.807, 2.05) is 0 Å². The van der Waals surface area contributed by atoms with E-state index in [1.54, 1.807) is 0 Å². The standard InChI is InChI=1S/C15H22O/c1-11-6-7-15(12(2)8-11)14-5-3-4-13(9-14)10-16/h6-8,13-14,16H,3-5,9-10H2,1-2H3. The molecule has 1 aromatic carbocycles. The zero-order chi connectivity index (χ0) is 11.5. The van der Waals surface area contributed by atoms with Crippen LogP contribution in [0.5, 0.6) is 0 Å². The Balaban J connectivity index is 2.16. The third-order valence-corrected chi connectivity index (χ3v) is 3.91. The van der Waals surface area contributed by atoms with E-state index in [4.69, 9.17) is 0 Å².